The second-order valence-corrected chi connectivity index (χ2v) is 6.21. The van der Waals surface area contributed by atoms with Crippen LogP contribution in [0.5, 0.6) is 0 Å². The van der Waals surface area contributed by atoms with Crippen LogP contribution in [-0.4, -0.2) is 5.38 Å². The average Bonchev–Trinajstić information content (AvgIpc) is 3.24. The van der Waals surface area contributed by atoms with E-state index in [0.717, 1.165) is 6.42 Å². The SMILES string of the molecule is Cc1ccc(CC(Cl)C2(c3ccccc3)CC2)cc1. The average molecular weight is 271 g/mol. The third-order valence-corrected chi connectivity index (χ3v) is 4.84. The molecule has 1 saturated carbocycles. The zero-order valence-electron chi connectivity index (χ0n) is 11.3. The molecule has 0 nitrogen and oxygen atoms in total. The lowest BCUT2D eigenvalue weighted by Crippen LogP contribution is -2.23. The summed E-state index contributed by atoms with van der Waals surface area (Å²) >= 11 is 6.74. The summed E-state index contributed by atoms with van der Waals surface area (Å²) in [6, 6.07) is 19.5. The summed E-state index contributed by atoms with van der Waals surface area (Å²) in [6.07, 6.45) is 3.39. The van der Waals surface area contributed by atoms with Gasteiger partial charge in [0.1, 0.15) is 0 Å². The monoisotopic (exact) mass is 270 g/mol. The maximum Gasteiger partial charge on any atom is 0.0473 e. The lowest BCUT2D eigenvalue weighted by Gasteiger charge is -2.22. The number of aryl methyl sites for hydroxylation is 1. The second-order valence-electron chi connectivity index (χ2n) is 5.68. The molecule has 3 rings (SSSR count). The molecule has 1 aliphatic carbocycles. The van der Waals surface area contributed by atoms with Crippen molar-refractivity contribution in [3.05, 3.63) is 71.3 Å². The zero-order valence-corrected chi connectivity index (χ0v) is 12.0. The molecule has 1 unspecified atom stereocenters. The normalized spacial score (nSPS) is 18.0. The van der Waals surface area contributed by atoms with Gasteiger partial charge < -0.3 is 0 Å². The fourth-order valence-corrected chi connectivity index (χ4v) is 3.34. The van der Waals surface area contributed by atoms with Crippen molar-refractivity contribution in [1.82, 2.24) is 0 Å². The molecule has 0 bridgehead atoms. The molecule has 0 N–H and O–H groups in total. The molecule has 98 valence electrons. The molecular formula is C18H19Cl. The van der Waals surface area contributed by atoms with Gasteiger partial charge in [0.15, 0.2) is 0 Å². The number of halogens is 1. The van der Waals surface area contributed by atoms with Gasteiger partial charge in [-0.15, -0.1) is 11.6 Å². The van der Waals surface area contributed by atoms with Crippen LogP contribution in [0.15, 0.2) is 54.6 Å². The minimum Gasteiger partial charge on any atom is -0.122 e. The molecule has 2 aromatic rings. The maximum absolute atomic E-state index is 6.74. The first-order valence-electron chi connectivity index (χ1n) is 6.96. The molecule has 2 aromatic carbocycles. The van der Waals surface area contributed by atoms with E-state index in [-0.39, 0.29) is 10.8 Å². The second kappa shape index (κ2) is 5.02. The maximum atomic E-state index is 6.74. The van der Waals surface area contributed by atoms with Gasteiger partial charge in [-0.25, -0.2) is 0 Å². The van der Waals surface area contributed by atoms with Crippen molar-refractivity contribution < 1.29 is 0 Å². The predicted octanol–water partition coefficient (Wildman–Crippen LogP) is 4.88. The van der Waals surface area contributed by atoms with Gasteiger partial charge in [-0.1, -0.05) is 60.2 Å². The number of rotatable bonds is 4. The first-order valence-corrected chi connectivity index (χ1v) is 7.39. The lowest BCUT2D eigenvalue weighted by atomic mass is 9.88. The Bertz CT molecular complexity index is 538. The van der Waals surface area contributed by atoms with Gasteiger partial charge in [-0.3, -0.25) is 0 Å². The largest absolute Gasteiger partial charge is 0.122 e. The van der Waals surface area contributed by atoms with Crippen LogP contribution in [0.4, 0.5) is 0 Å². The molecule has 0 heterocycles. The van der Waals surface area contributed by atoms with Gasteiger partial charge in [0.2, 0.25) is 0 Å². The van der Waals surface area contributed by atoms with Gasteiger partial charge in [0, 0.05) is 10.8 Å². The van der Waals surface area contributed by atoms with Crippen molar-refractivity contribution in [2.24, 2.45) is 0 Å². The van der Waals surface area contributed by atoms with E-state index in [4.69, 9.17) is 11.6 Å². The number of alkyl halides is 1. The molecular weight excluding hydrogens is 252 g/mol. The van der Waals surface area contributed by atoms with E-state index in [1.807, 2.05) is 0 Å². The highest BCUT2D eigenvalue weighted by Crippen LogP contribution is 2.53. The van der Waals surface area contributed by atoms with Crippen LogP contribution in [0.1, 0.15) is 29.5 Å². The Labute approximate surface area is 120 Å². The molecule has 1 atom stereocenters. The van der Waals surface area contributed by atoms with Gasteiger partial charge in [-0.05, 0) is 37.3 Å². The summed E-state index contributed by atoms with van der Waals surface area (Å²) in [5.41, 5.74) is 4.27. The van der Waals surface area contributed by atoms with Crippen molar-refractivity contribution in [3.8, 4) is 0 Å². The summed E-state index contributed by atoms with van der Waals surface area (Å²) in [5, 5.41) is 0.192. The third-order valence-electron chi connectivity index (χ3n) is 4.27. The van der Waals surface area contributed by atoms with E-state index >= 15 is 0 Å². The molecule has 1 heteroatoms. The Morgan fingerprint density at radius 3 is 2.21 bits per heavy atom. The van der Waals surface area contributed by atoms with Crippen LogP contribution in [0, 0.1) is 6.92 Å². The lowest BCUT2D eigenvalue weighted by molar-refractivity contribution is 0.629. The molecule has 0 radical (unpaired) electrons. The Hall–Kier alpha value is -1.27. The van der Waals surface area contributed by atoms with Crippen molar-refractivity contribution >= 4 is 11.6 Å². The van der Waals surface area contributed by atoms with Crippen molar-refractivity contribution in [2.75, 3.05) is 0 Å². The third kappa shape index (κ3) is 2.55. The molecule has 0 aliphatic heterocycles. The van der Waals surface area contributed by atoms with E-state index < -0.39 is 0 Å². The van der Waals surface area contributed by atoms with Crippen LogP contribution in [0.3, 0.4) is 0 Å². The van der Waals surface area contributed by atoms with E-state index in [9.17, 15) is 0 Å². The van der Waals surface area contributed by atoms with Gasteiger partial charge in [-0.2, -0.15) is 0 Å². The van der Waals surface area contributed by atoms with Crippen LogP contribution < -0.4 is 0 Å². The Morgan fingerprint density at radius 2 is 1.63 bits per heavy atom. The summed E-state index contributed by atoms with van der Waals surface area (Å²) < 4.78 is 0. The van der Waals surface area contributed by atoms with Gasteiger partial charge in [0.25, 0.3) is 0 Å². The van der Waals surface area contributed by atoms with Gasteiger partial charge in [0.05, 0.1) is 0 Å². The summed E-state index contributed by atoms with van der Waals surface area (Å²) in [4.78, 5) is 0. The van der Waals surface area contributed by atoms with Crippen LogP contribution >= 0.6 is 11.6 Å². The summed E-state index contributed by atoms with van der Waals surface area (Å²) in [6.45, 7) is 2.12. The molecule has 0 saturated heterocycles. The molecule has 19 heavy (non-hydrogen) atoms. The van der Waals surface area contributed by atoms with Crippen LogP contribution in [-0.2, 0) is 11.8 Å². The first kappa shape index (κ1) is 12.7. The molecule has 0 aromatic heterocycles. The number of benzene rings is 2. The molecule has 1 aliphatic rings. The van der Waals surface area contributed by atoms with E-state index in [1.165, 1.54) is 29.5 Å². The standard InChI is InChI=1S/C18H19Cl/c1-14-7-9-15(10-8-14)13-17(19)18(11-12-18)16-5-3-2-4-6-16/h2-10,17H,11-13H2,1H3. The Morgan fingerprint density at radius 1 is 1.00 bits per heavy atom. The smallest absolute Gasteiger partial charge is 0.0473 e. The fraction of sp³-hybridized carbons (Fsp3) is 0.333. The quantitative estimate of drug-likeness (QED) is 0.695. The highest BCUT2D eigenvalue weighted by Gasteiger charge is 2.49. The minimum absolute atomic E-state index is 0.192. The molecule has 0 spiro atoms. The number of hydrogen-bond acceptors (Lipinski definition) is 0. The van der Waals surface area contributed by atoms with E-state index in [2.05, 4.69) is 61.5 Å². The number of hydrogen-bond donors (Lipinski definition) is 0. The summed E-state index contributed by atoms with van der Waals surface area (Å²) in [5.74, 6) is 0. The summed E-state index contributed by atoms with van der Waals surface area (Å²) in [7, 11) is 0. The Balaban J connectivity index is 1.77. The highest BCUT2D eigenvalue weighted by molar-refractivity contribution is 6.22. The predicted molar refractivity (Wildman–Crippen MR) is 81.9 cm³/mol. The van der Waals surface area contributed by atoms with Crippen LogP contribution in [0.2, 0.25) is 0 Å². The molecule has 0 amide bonds. The Kier molecular flexibility index (Phi) is 3.36. The fourth-order valence-electron chi connectivity index (χ4n) is 2.81. The zero-order chi connectivity index (χ0) is 13.3. The molecule has 1 fully saturated rings. The highest BCUT2D eigenvalue weighted by atomic mass is 35.5. The van der Waals surface area contributed by atoms with Gasteiger partial charge >= 0.3 is 0 Å². The topological polar surface area (TPSA) is 0 Å². The first-order chi connectivity index (χ1) is 9.21. The van der Waals surface area contributed by atoms with E-state index in [1.54, 1.807) is 0 Å². The van der Waals surface area contributed by atoms with E-state index in [0.29, 0.717) is 0 Å². The van der Waals surface area contributed by atoms with Crippen LogP contribution in [0.25, 0.3) is 0 Å². The van der Waals surface area contributed by atoms with Crippen molar-refractivity contribution in [2.45, 2.75) is 37.0 Å². The van der Waals surface area contributed by atoms with Crippen molar-refractivity contribution in [3.63, 3.8) is 0 Å². The minimum atomic E-state index is 0.192. The van der Waals surface area contributed by atoms with Crippen molar-refractivity contribution in [1.29, 1.82) is 0 Å².